The lowest BCUT2D eigenvalue weighted by Crippen LogP contribution is -2.50. The Balaban J connectivity index is 1.31. The minimum atomic E-state index is -3.74. The average molecular weight is 492 g/mol. The molecule has 2 amide bonds. The van der Waals surface area contributed by atoms with Crippen molar-refractivity contribution in [3.63, 3.8) is 0 Å². The Labute approximate surface area is 198 Å². The van der Waals surface area contributed by atoms with Crippen LogP contribution in [0.15, 0.2) is 46.7 Å². The van der Waals surface area contributed by atoms with E-state index in [1.165, 1.54) is 15.9 Å². The van der Waals surface area contributed by atoms with E-state index in [4.69, 9.17) is 4.74 Å². The van der Waals surface area contributed by atoms with Crippen LogP contribution in [0.3, 0.4) is 0 Å². The van der Waals surface area contributed by atoms with E-state index in [1.54, 1.807) is 15.2 Å². The summed E-state index contributed by atoms with van der Waals surface area (Å²) in [5, 5.41) is 1.65. The summed E-state index contributed by atoms with van der Waals surface area (Å²) >= 11 is 1.15. The number of amides is 2. The maximum absolute atomic E-state index is 13.1. The van der Waals surface area contributed by atoms with Crippen LogP contribution in [0.4, 0.5) is 0 Å². The van der Waals surface area contributed by atoms with Crippen LogP contribution in [0.5, 0.6) is 0 Å². The fourth-order valence-corrected chi connectivity index (χ4v) is 6.90. The first kappa shape index (κ1) is 23.9. The van der Waals surface area contributed by atoms with Gasteiger partial charge in [-0.15, -0.1) is 11.3 Å². The number of sulfonamides is 1. The highest BCUT2D eigenvalue weighted by molar-refractivity contribution is 7.89. The number of hydrogen-bond donors (Lipinski definition) is 0. The molecule has 8 nitrogen and oxygen atoms in total. The van der Waals surface area contributed by atoms with Crippen molar-refractivity contribution < 1.29 is 22.7 Å². The second kappa shape index (κ2) is 10.8. The molecule has 3 heterocycles. The highest BCUT2D eigenvalue weighted by atomic mass is 32.2. The molecule has 0 radical (unpaired) electrons. The zero-order chi connectivity index (χ0) is 23.3. The van der Waals surface area contributed by atoms with Crippen molar-refractivity contribution >= 4 is 33.2 Å². The maximum atomic E-state index is 13.1. The number of morpholine rings is 1. The number of benzene rings is 1. The Morgan fingerprint density at radius 3 is 2.27 bits per heavy atom. The second-order valence-electron chi connectivity index (χ2n) is 8.14. The van der Waals surface area contributed by atoms with Crippen molar-refractivity contribution in [2.45, 2.75) is 24.2 Å². The quantitative estimate of drug-likeness (QED) is 0.592. The molecule has 1 aromatic heterocycles. The molecule has 0 saturated carbocycles. The lowest BCUT2D eigenvalue weighted by Gasteiger charge is -2.35. The van der Waals surface area contributed by atoms with Gasteiger partial charge in [-0.25, -0.2) is 8.42 Å². The van der Waals surface area contributed by atoms with Crippen LogP contribution >= 0.6 is 11.3 Å². The fraction of sp³-hybridized carbons (Fsp3) is 0.478. The number of nitrogens with zero attached hydrogens (tertiary/aromatic N) is 3. The van der Waals surface area contributed by atoms with Crippen LogP contribution in [-0.2, 0) is 26.0 Å². The highest BCUT2D eigenvalue weighted by Gasteiger charge is 2.33. The van der Waals surface area contributed by atoms with E-state index in [0.29, 0.717) is 45.8 Å². The Morgan fingerprint density at radius 1 is 0.909 bits per heavy atom. The van der Waals surface area contributed by atoms with Gasteiger partial charge in [0.25, 0.3) is 5.91 Å². The first-order chi connectivity index (χ1) is 16.0. The van der Waals surface area contributed by atoms with Crippen LogP contribution in [0.2, 0.25) is 0 Å². The zero-order valence-electron chi connectivity index (χ0n) is 18.5. The predicted octanol–water partition coefficient (Wildman–Crippen LogP) is 2.08. The Hall–Kier alpha value is -2.27. The highest BCUT2D eigenvalue weighted by Crippen LogP contribution is 2.27. The van der Waals surface area contributed by atoms with Crippen molar-refractivity contribution in [2.75, 3.05) is 52.5 Å². The topological polar surface area (TPSA) is 87.2 Å². The summed E-state index contributed by atoms with van der Waals surface area (Å²) in [6.45, 7) is 3.02. The molecule has 2 aromatic rings. The molecule has 4 rings (SSSR count). The molecular weight excluding hydrogens is 462 g/mol. The molecule has 2 aliphatic heterocycles. The van der Waals surface area contributed by atoms with Crippen LogP contribution in [-0.4, -0.2) is 86.8 Å². The van der Waals surface area contributed by atoms with Gasteiger partial charge >= 0.3 is 0 Å². The van der Waals surface area contributed by atoms with Gasteiger partial charge in [0.1, 0.15) is 9.77 Å². The molecule has 10 heteroatoms. The van der Waals surface area contributed by atoms with Crippen molar-refractivity contribution in [3.05, 3.63) is 52.2 Å². The number of carbonyl (C=O) groups is 2. The van der Waals surface area contributed by atoms with Crippen molar-refractivity contribution in [1.29, 1.82) is 0 Å². The van der Waals surface area contributed by atoms with Crippen molar-refractivity contribution in [1.82, 2.24) is 14.1 Å². The number of carbonyl (C=O) groups excluding carboxylic acids is 2. The predicted molar refractivity (Wildman–Crippen MR) is 126 cm³/mol. The second-order valence-corrected chi connectivity index (χ2v) is 11.0. The monoisotopic (exact) mass is 491 g/mol. The molecule has 0 unspecified atom stereocenters. The molecular formula is C23H29N3O5S2. The third kappa shape index (κ3) is 5.63. The van der Waals surface area contributed by atoms with Gasteiger partial charge in [0.05, 0.1) is 13.2 Å². The van der Waals surface area contributed by atoms with E-state index in [1.807, 2.05) is 18.2 Å². The molecule has 33 heavy (non-hydrogen) atoms. The van der Waals surface area contributed by atoms with Gasteiger partial charge in [-0.05, 0) is 29.9 Å². The number of ether oxygens (including phenoxy) is 1. The van der Waals surface area contributed by atoms with E-state index in [9.17, 15) is 18.0 Å². The third-order valence-electron chi connectivity index (χ3n) is 6.03. The summed E-state index contributed by atoms with van der Waals surface area (Å²) in [4.78, 5) is 29.5. The molecule has 0 spiro atoms. The minimum absolute atomic E-state index is 0.0683. The normalized spacial score (nSPS) is 17.8. The first-order valence-electron chi connectivity index (χ1n) is 11.2. The number of piperazine rings is 1. The summed E-state index contributed by atoms with van der Waals surface area (Å²) in [6, 6.07) is 11.6. The van der Waals surface area contributed by atoms with Gasteiger partial charge in [-0.2, -0.15) is 4.31 Å². The van der Waals surface area contributed by atoms with Crippen LogP contribution < -0.4 is 0 Å². The van der Waals surface area contributed by atoms with E-state index < -0.39 is 10.0 Å². The number of aryl methyl sites for hydroxylation is 1. The van der Waals surface area contributed by atoms with Gasteiger partial charge in [0, 0.05) is 45.7 Å². The van der Waals surface area contributed by atoms with Crippen LogP contribution in [0.1, 0.15) is 28.1 Å². The molecule has 0 aliphatic carbocycles. The summed E-state index contributed by atoms with van der Waals surface area (Å²) in [5.74, 6) is -0.183. The molecule has 178 valence electrons. The molecule has 2 saturated heterocycles. The smallest absolute Gasteiger partial charge is 0.265 e. The molecule has 1 aromatic carbocycles. The molecule has 2 fully saturated rings. The van der Waals surface area contributed by atoms with Gasteiger partial charge in [0.2, 0.25) is 15.9 Å². The fourth-order valence-electron chi connectivity index (χ4n) is 4.13. The van der Waals surface area contributed by atoms with Crippen LogP contribution in [0.25, 0.3) is 0 Å². The molecule has 0 atom stereocenters. The van der Waals surface area contributed by atoms with Crippen molar-refractivity contribution in [3.8, 4) is 0 Å². The maximum Gasteiger partial charge on any atom is 0.265 e. The number of hydrogen-bond acceptors (Lipinski definition) is 6. The van der Waals surface area contributed by atoms with Crippen molar-refractivity contribution in [2.24, 2.45) is 0 Å². The number of thiophene rings is 1. The molecule has 0 N–H and O–H groups in total. The lowest BCUT2D eigenvalue weighted by molar-refractivity contribution is -0.132. The van der Waals surface area contributed by atoms with Crippen LogP contribution in [0, 0.1) is 0 Å². The summed E-state index contributed by atoms with van der Waals surface area (Å²) in [6.07, 6.45) is 2.14. The Bertz CT molecular complexity index is 1060. The zero-order valence-corrected chi connectivity index (χ0v) is 20.2. The summed E-state index contributed by atoms with van der Waals surface area (Å²) < 4.78 is 32.7. The van der Waals surface area contributed by atoms with Gasteiger partial charge < -0.3 is 14.5 Å². The Morgan fingerprint density at radius 2 is 1.58 bits per heavy atom. The van der Waals surface area contributed by atoms with E-state index in [-0.39, 0.29) is 34.7 Å². The standard InChI is InChI=1S/C23H29N3O5S2/c27-21(8-4-7-19-5-2-1-3-6-19)24-10-12-25(13-11-24)23(28)22-20(9-18-32-22)33(29,30)26-14-16-31-17-15-26/h1-3,5-6,9,18H,4,7-8,10-17H2. The first-order valence-corrected chi connectivity index (χ1v) is 13.5. The largest absolute Gasteiger partial charge is 0.379 e. The summed E-state index contributed by atoms with van der Waals surface area (Å²) in [7, 11) is -3.74. The Kier molecular flexibility index (Phi) is 7.79. The minimum Gasteiger partial charge on any atom is -0.379 e. The SMILES string of the molecule is O=C(CCCc1ccccc1)N1CCN(C(=O)c2sccc2S(=O)(=O)N2CCOCC2)CC1. The van der Waals surface area contributed by atoms with Gasteiger partial charge in [-0.3, -0.25) is 9.59 Å². The third-order valence-corrected chi connectivity index (χ3v) is 9.00. The van der Waals surface area contributed by atoms with Gasteiger partial charge in [0.15, 0.2) is 0 Å². The lowest BCUT2D eigenvalue weighted by atomic mass is 10.1. The van der Waals surface area contributed by atoms with Gasteiger partial charge in [-0.1, -0.05) is 30.3 Å². The number of rotatable bonds is 7. The summed E-state index contributed by atoms with van der Waals surface area (Å²) in [5.41, 5.74) is 1.22. The molecule has 0 bridgehead atoms. The van der Waals surface area contributed by atoms with E-state index in [0.717, 1.165) is 24.2 Å². The molecule has 2 aliphatic rings. The average Bonchev–Trinajstić information content (AvgIpc) is 3.36. The van der Waals surface area contributed by atoms with E-state index >= 15 is 0 Å². The van der Waals surface area contributed by atoms with E-state index in [2.05, 4.69) is 12.1 Å².